The van der Waals surface area contributed by atoms with E-state index in [1.807, 2.05) is 31.2 Å². The molecule has 2 aromatic heterocycles. The number of likely N-dealkylation sites (tertiary alicyclic amines) is 1. The summed E-state index contributed by atoms with van der Waals surface area (Å²) in [6.45, 7) is 4.58. The smallest absolute Gasteiger partial charge is 0.252 e. The van der Waals surface area contributed by atoms with Gasteiger partial charge >= 0.3 is 0 Å². The summed E-state index contributed by atoms with van der Waals surface area (Å²) in [5.41, 5.74) is 5.19. The van der Waals surface area contributed by atoms with E-state index in [0.717, 1.165) is 46.0 Å². The number of aromatic nitrogens is 1. The molecule has 2 aromatic carbocycles. The molecule has 2 aliphatic rings. The number of carbonyl (C=O) groups is 1. The normalized spacial score (nSPS) is 16.1. The molecule has 1 aliphatic heterocycles. The lowest BCUT2D eigenvalue weighted by Gasteiger charge is -2.24. The molecule has 1 aliphatic carbocycles. The third kappa shape index (κ3) is 4.80. The van der Waals surface area contributed by atoms with Crippen molar-refractivity contribution in [2.24, 2.45) is 0 Å². The fraction of sp³-hybridized carbons (Fsp3) is 0.310. The average molecular weight is 470 g/mol. The van der Waals surface area contributed by atoms with Gasteiger partial charge in [-0.15, -0.1) is 0 Å². The molecule has 3 heterocycles. The van der Waals surface area contributed by atoms with E-state index in [2.05, 4.69) is 40.4 Å². The van der Waals surface area contributed by atoms with Gasteiger partial charge in [0.2, 0.25) is 0 Å². The number of hydrogen-bond donors (Lipinski definition) is 1. The number of amides is 1. The second-order valence-corrected chi connectivity index (χ2v) is 9.48. The zero-order valence-corrected chi connectivity index (χ0v) is 20.5. The largest absolute Gasteiger partial charge is 0.497 e. The predicted molar refractivity (Wildman–Crippen MR) is 138 cm³/mol. The Morgan fingerprint density at radius 1 is 1.11 bits per heavy atom. The Morgan fingerprint density at radius 2 is 1.91 bits per heavy atom. The minimum absolute atomic E-state index is 0.0883. The molecule has 1 saturated carbocycles. The Hall–Kier alpha value is -3.64. The van der Waals surface area contributed by atoms with E-state index in [4.69, 9.17) is 9.15 Å². The Morgan fingerprint density at radius 3 is 2.54 bits per heavy atom. The first-order valence-corrected chi connectivity index (χ1v) is 12.1. The van der Waals surface area contributed by atoms with Gasteiger partial charge in [0.1, 0.15) is 5.75 Å². The Labute approximate surface area is 205 Å². The van der Waals surface area contributed by atoms with Crippen LogP contribution in [0.4, 0.5) is 0 Å². The summed E-state index contributed by atoms with van der Waals surface area (Å²) < 4.78 is 10.6. The van der Waals surface area contributed by atoms with Gasteiger partial charge in [0.25, 0.3) is 5.91 Å². The molecule has 0 unspecified atom stereocenters. The summed E-state index contributed by atoms with van der Waals surface area (Å²) in [4.78, 5) is 20.1. The van der Waals surface area contributed by atoms with Crippen molar-refractivity contribution in [3.05, 3.63) is 83.9 Å². The van der Waals surface area contributed by atoms with Crippen LogP contribution in [0.25, 0.3) is 22.0 Å². The van der Waals surface area contributed by atoms with Crippen LogP contribution < -0.4 is 10.1 Å². The molecular weight excluding hydrogens is 438 g/mol. The molecule has 0 spiro atoms. The van der Waals surface area contributed by atoms with Crippen molar-refractivity contribution in [1.82, 2.24) is 15.2 Å². The molecule has 1 saturated heterocycles. The fourth-order valence-electron chi connectivity index (χ4n) is 4.49. The van der Waals surface area contributed by atoms with Crippen molar-refractivity contribution in [2.75, 3.05) is 27.2 Å². The second-order valence-electron chi connectivity index (χ2n) is 9.48. The summed E-state index contributed by atoms with van der Waals surface area (Å²) in [7, 11) is 3.75. The SMILES string of the molecule is CN1CCC1.COc1ccc(C)c(C(=O)NC2(c3cc(-c4ccoc4)cc4ncccc34)CC2)c1. The zero-order chi connectivity index (χ0) is 24.4. The topological polar surface area (TPSA) is 67.6 Å². The van der Waals surface area contributed by atoms with Crippen LogP contribution in [0.2, 0.25) is 0 Å². The standard InChI is InChI=1S/C25H22N2O3.C4H9N/c1-16-5-6-19(29-2)14-21(16)24(28)27-25(8-9-25)22-12-18(17-7-11-30-15-17)13-23-20(22)4-3-10-26-23;1-5-3-2-4-5/h3-7,10-15H,8-9H2,1-2H3,(H,27,28);2-4H2,1H3. The average Bonchev–Trinajstić information content (AvgIpc) is 3.42. The van der Waals surface area contributed by atoms with Gasteiger partial charge in [-0.2, -0.15) is 0 Å². The van der Waals surface area contributed by atoms with Crippen molar-refractivity contribution in [1.29, 1.82) is 0 Å². The van der Waals surface area contributed by atoms with Gasteiger partial charge < -0.3 is 19.4 Å². The molecule has 2 fully saturated rings. The van der Waals surface area contributed by atoms with E-state index in [0.29, 0.717) is 11.3 Å². The highest BCUT2D eigenvalue weighted by atomic mass is 16.5. The van der Waals surface area contributed by atoms with Gasteiger partial charge in [-0.25, -0.2) is 0 Å². The number of pyridine rings is 1. The summed E-state index contributed by atoms with van der Waals surface area (Å²) in [5, 5.41) is 4.37. The summed E-state index contributed by atoms with van der Waals surface area (Å²) >= 11 is 0. The van der Waals surface area contributed by atoms with Crippen LogP contribution in [0.5, 0.6) is 5.75 Å². The first-order valence-electron chi connectivity index (χ1n) is 12.1. The van der Waals surface area contributed by atoms with E-state index in [9.17, 15) is 4.79 Å². The number of benzene rings is 2. The lowest BCUT2D eigenvalue weighted by molar-refractivity contribution is 0.0930. The molecule has 1 N–H and O–H groups in total. The maximum atomic E-state index is 13.2. The Bertz CT molecular complexity index is 1340. The van der Waals surface area contributed by atoms with Gasteiger partial charge in [0.15, 0.2) is 0 Å². The van der Waals surface area contributed by atoms with Crippen molar-refractivity contribution in [2.45, 2.75) is 31.7 Å². The molecular formula is C29H31N3O3. The summed E-state index contributed by atoms with van der Waals surface area (Å²) in [6, 6.07) is 15.7. The maximum Gasteiger partial charge on any atom is 0.252 e. The number of aryl methyl sites for hydroxylation is 1. The number of carbonyl (C=O) groups excluding carboxylic acids is 1. The lowest BCUT2D eigenvalue weighted by atomic mass is 9.94. The van der Waals surface area contributed by atoms with Crippen LogP contribution in [0.3, 0.4) is 0 Å². The lowest BCUT2D eigenvalue weighted by Crippen LogP contribution is -2.35. The molecule has 6 rings (SSSR count). The Kier molecular flexibility index (Phi) is 6.31. The number of nitrogens with zero attached hydrogens (tertiary/aromatic N) is 2. The van der Waals surface area contributed by atoms with Crippen LogP contribution in [0.15, 0.2) is 71.7 Å². The van der Waals surface area contributed by atoms with Crippen LogP contribution >= 0.6 is 0 Å². The first kappa shape index (κ1) is 23.1. The van der Waals surface area contributed by atoms with E-state index in [-0.39, 0.29) is 5.91 Å². The third-order valence-electron chi connectivity index (χ3n) is 6.96. The monoisotopic (exact) mass is 469 g/mol. The fourth-order valence-corrected chi connectivity index (χ4v) is 4.49. The van der Waals surface area contributed by atoms with Crippen molar-refractivity contribution < 1.29 is 13.9 Å². The van der Waals surface area contributed by atoms with E-state index in [1.165, 1.54) is 19.5 Å². The third-order valence-corrected chi connectivity index (χ3v) is 6.96. The highest BCUT2D eigenvalue weighted by Crippen LogP contribution is 2.49. The van der Waals surface area contributed by atoms with Gasteiger partial charge in [-0.1, -0.05) is 12.1 Å². The number of furan rings is 1. The van der Waals surface area contributed by atoms with Gasteiger partial charge in [-0.05, 0) is 99.4 Å². The van der Waals surface area contributed by atoms with Crippen LogP contribution in [-0.4, -0.2) is 43.0 Å². The maximum absolute atomic E-state index is 13.2. The number of nitrogens with one attached hydrogen (secondary N) is 1. The molecule has 0 radical (unpaired) electrons. The number of methoxy groups -OCH3 is 1. The minimum Gasteiger partial charge on any atom is -0.497 e. The van der Waals surface area contributed by atoms with Crippen molar-refractivity contribution >= 4 is 16.8 Å². The van der Waals surface area contributed by atoms with Crippen LogP contribution in [-0.2, 0) is 5.54 Å². The number of ether oxygens (including phenoxy) is 1. The van der Waals surface area contributed by atoms with E-state index in [1.54, 1.807) is 31.9 Å². The molecule has 6 nitrogen and oxygen atoms in total. The van der Waals surface area contributed by atoms with Crippen LogP contribution in [0, 0.1) is 6.92 Å². The quantitative estimate of drug-likeness (QED) is 0.415. The summed E-state index contributed by atoms with van der Waals surface area (Å²) in [6.07, 6.45) is 8.38. The molecule has 0 bridgehead atoms. The molecule has 1 amide bonds. The molecule has 4 aromatic rings. The van der Waals surface area contributed by atoms with Crippen molar-refractivity contribution in [3.8, 4) is 16.9 Å². The van der Waals surface area contributed by atoms with E-state index >= 15 is 0 Å². The molecule has 6 heteroatoms. The van der Waals surface area contributed by atoms with Crippen molar-refractivity contribution in [3.63, 3.8) is 0 Å². The van der Waals surface area contributed by atoms with Gasteiger partial charge in [0.05, 0.1) is 30.7 Å². The van der Waals surface area contributed by atoms with E-state index < -0.39 is 5.54 Å². The molecule has 0 atom stereocenters. The number of rotatable bonds is 5. The number of fused-ring (bicyclic) bond motifs is 1. The van der Waals surface area contributed by atoms with Gasteiger partial charge in [-0.3, -0.25) is 9.78 Å². The molecule has 180 valence electrons. The Balaban J connectivity index is 0.000000453. The number of hydrogen-bond acceptors (Lipinski definition) is 5. The summed E-state index contributed by atoms with van der Waals surface area (Å²) in [5.74, 6) is 0.585. The minimum atomic E-state index is -0.395. The molecule has 35 heavy (non-hydrogen) atoms. The van der Waals surface area contributed by atoms with Crippen LogP contribution in [0.1, 0.15) is 40.7 Å². The first-order chi connectivity index (χ1) is 17.0. The zero-order valence-electron chi connectivity index (χ0n) is 20.5. The predicted octanol–water partition coefficient (Wildman–Crippen LogP) is 5.55. The highest BCUT2D eigenvalue weighted by Gasteiger charge is 2.47. The highest BCUT2D eigenvalue weighted by molar-refractivity contribution is 5.98. The van der Waals surface area contributed by atoms with Gasteiger partial charge in [0, 0.05) is 22.7 Å². The second kappa shape index (κ2) is 9.55.